The summed E-state index contributed by atoms with van der Waals surface area (Å²) in [7, 11) is 1.42. The molecule has 0 spiro atoms. The Hall–Kier alpha value is -1.99. The lowest BCUT2D eigenvalue weighted by atomic mass is 10.0. The summed E-state index contributed by atoms with van der Waals surface area (Å²) < 4.78 is 18.5. The third-order valence-electron chi connectivity index (χ3n) is 3.40. The van der Waals surface area contributed by atoms with Crippen molar-refractivity contribution >= 4 is 11.9 Å². The molecule has 2 rings (SSSR count). The fraction of sp³-hybridized carbons (Fsp3) is 0.429. The molecule has 0 unspecified atom stereocenters. The Morgan fingerprint density at radius 3 is 2.71 bits per heavy atom. The first-order valence-corrected chi connectivity index (χ1v) is 6.44. The summed E-state index contributed by atoms with van der Waals surface area (Å²) in [5, 5.41) is 12.6. The van der Waals surface area contributed by atoms with E-state index >= 15 is 0 Å². The van der Waals surface area contributed by atoms with Gasteiger partial charge < -0.3 is 15.2 Å². The molecule has 1 aromatic rings. The van der Waals surface area contributed by atoms with E-state index in [1.54, 1.807) is 6.07 Å². The van der Waals surface area contributed by atoms with Crippen molar-refractivity contribution in [3.63, 3.8) is 0 Å². The molecule has 7 heteroatoms. The van der Waals surface area contributed by atoms with Gasteiger partial charge in [0.05, 0.1) is 19.3 Å². The average Bonchev–Trinajstić information content (AvgIpc) is 2.63. The molecule has 0 aliphatic carbocycles. The van der Waals surface area contributed by atoms with Crippen LogP contribution in [-0.4, -0.2) is 47.7 Å². The van der Waals surface area contributed by atoms with Gasteiger partial charge in [-0.2, -0.15) is 0 Å². The number of hydrogen-bond donors (Lipinski definition) is 2. The van der Waals surface area contributed by atoms with E-state index in [4.69, 9.17) is 4.74 Å². The number of imide groups is 1. The number of carbonyl (C=O) groups excluding carboxylic acids is 2. The van der Waals surface area contributed by atoms with Crippen molar-refractivity contribution in [1.29, 1.82) is 0 Å². The minimum Gasteiger partial charge on any atom is -0.386 e. The zero-order valence-corrected chi connectivity index (χ0v) is 11.8. The number of β-amino-alcohol motifs (C(OH)–C–C–N with tert-alkyl or cyclic N) is 1. The van der Waals surface area contributed by atoms with E-state index in [9.17, 15) is 19.1 Å². The number of nitrogens with one attached hydrogen (secondary N) is 1. The van der Waals surface area contributed by atoms with Gasteiger partial charge in [-0.25, -0.2) is 9.18 Å². The molecule has 1 aliphatic heterocycles. The van der Waals surface area contributed by atoms with Crippen molar-refractivity contribution in [2.24, 2.45) is 0 Å². The summed E-state index contributed by atoms with van der Waals surface area (Å²) in [5.74, 6) is -1.10. The fourth-order valence-electron chi connectivity index (χ4n) is 2.32. The molecule has 114 valence electrons. The van der Waals surface area contributed by atoms with E-state index in [-0.39, 0.29) is 18.7 Å². The number of nitrogens with zero attached hydrogens (tertiary/aromatic N) is 1. The minimum atomic E-state index is -1.29. The first-order valence-electron chi connectivity index (χ1n) is 6.44. The summed E-state index contributed by atoms with van der Waals surface area (Å²) >= 11 is 0. The average molecular weight is 296 g/mol. The summed E-state index contributed by atoms with van der Waals surface area (Å²) in [6, 6.07) is 5.05. The minimum absolute atomic E-state index is 0.0177. The molecule has 1 heterocycles. The Morgan fingerprint density at radius 2 is 2.10 bits per heavy atom. The third-order valence-corrected chi connectivity index (χ3v) is 3.40. The maximum Gasteiger partial charge on any atom is 0.325 e. The number of aliphatic hydroxyl groups excluding tert-OH is 1. The second kappa shape index (κ2) is 5.79. The van der Waals surface area contributed by atoms with E-state index < -0.39 is 29.4 Å². The van der Waals surface area contributed by atoms with Gasteiger partial charge in [-0.15, -0.1) is 0 Å². The summed E-state index contributed by atoms with van der Waals surface area (Å²) in [6.45, 7) is 1.24. The summed E-state index contributed by atoms with van der Waals surface area (Å²) in [5.41, 5.74) is -1.13. The van der Waals surface area contributed by atoms with Crippen LogP contribution in [0.2, 0.25) is 0 Å². The van der Waals surface area contributed by atoms with Crippen LogP contribution in [-0.2, 0) is 9.53 Å². The van der Waals surface area contributed by atoms with Crippen LogP contribution in [0.1, 0.15) is 18.6 Å². The molecule has 21 heavy (non-hydrogen) atoms. The number of halogens is 1. The van der Waals surface area contributed by atoms with Gasteiger partial charge in [0.2, 0.25) is 0 Å². The standard InChI is InChI=1S/C14H17FN2O4/c1-14(8-21-2)12(19)17(13(20)16-14)7-11(18)9-5-3-4-6-10(9)15/h3-6,11,18H,7-8H2,1-2H3,(H,16,20)/t11-,14+/m1/s1. The molecule has 2 atom stereocenters. The molecule has 0 radical (unpaired) electrons. The van der Waals surface area contributed by atoms with Crippen LogP contribution in [0.15, 0.2) is 24.3 Å². The molecule has 1 aliphatic rings. The van der Waals surface area contributed by atoms with Crippen LogP contribution < -0.4 is 5.32 Å². The van der Waals surface area contributed by atoms with Gasteiger partial charge in [-0.3, -0.25) is 9.69 Å². The predicted molar refractivity (Wildman–Crippen MR) is 71.9 cm³/mol. The van der Waals surface area contributed by atoms with Gasteiger partial charge in [0.15, 0.2) is 0 Å². The quantitative estimate of drug-likeness (QED) is 0.788. The van der Waals surface area contributed by atoms with Gasteiger partial charge in [0.25, 0.3) is 5.91 Å². The second-order valence-corrected chi connectivity index (χ2v) is 5.15. The molecule has 6 nitrogen and oxygen atoms in total. The zero-order valence-electron chi connectivity index (χ0n) is 11.8. The number of aliphatic hydroxyl groups is 1. The molecule has 1 aromatic carbocycles. The highest BCUT2D eigenvalue weighted by Crippen LogP contribution is 2.23. The highest BCUT2D eigenvalue weighted by molar-refractivity contribution is 6.06. The monoisotopic (exact) mass is 296 g/mol. The lowest BCUT2D eigenvalue weighted by Gasteiger charge is -2.21. The molecule has 0 aromatic heterocycles. The molecular weight excluding hydrogens is 279 g/mol. The van der Waals surface area contributed by atoms with E-state index in [2.05, 4.69) is 5.32 Å². The Morgan fingerprint density at radius 1 is 1.43 bits per heavy atom. The van der Waals surface area contributed by atoms with Crippen LogP contribution >= 0.6 is 0 Å². The number of hydrogen-bond acceptors (Lipinski definition) is 4. The van der Waals surface area contributed by atoms with Crippen molar-refractivity contribution in [2.75, 3.05) is 20.3 Å². The lowest BCUT2D eigenvalue weighted by molar-refractivity contribution is -0.133. The van der Waals surface area contributed by atoms with E-state index in [0.29, 0.717) is 0 Å². The van der Waals surface area contributed by atoms with Crippen molar-refractivity contribution in [1.82, 2.24) is 10.2 Å². The summed E-state index contributed by atoms with van der Waals surface area (Å²) in [6.07, 6.45) is -1.29. The van der Waals surface area contributed by atoms with Crippen LogP contribution in [0.25, 0.3) is 0 Å². The number of methoxy groups -OCH3 is 1. The summed E-state index contributed by atoms with van der Waals surface area (Å²) in [4.78, 5) is 25.0. The van der Waals surface area contributed by atoms with Gasteiger partial charge in [-0.05, 0) is 13.0 Å². The Balaban J connectivity index is 2.15. The molecule has 3 amide bonds. The Bertz CT molecular complexity index is 566. The maximum atomic E-state index is 13.6. The number of benzene rings is 1. The van der Waals surface area contributed by atoms with Gasteiger partial charge in [0, 0.05) is 12.7 Å². The van der Waals surface area contributed by atoms with Crippen molar-refractivity contribution in [2.45, 2.75) is 18.6 Å². The number of urea groups is 1. The number of ether oxygens (including phenoxy) is 1. The smallest absolute Gasteiger partial charge is 0.325 e. The van der Waals surface area contributed by atoms with E-state index in [1.807, 2.05) is 0 Å². The van der Waals surface area contributed by atoms with Crippen molar-refractivity contribution < 1.29 is 23.8 Å². The van der Waals surface area contributed by atoms with Crippen molar-refractivity contribution in [3.05, 3.63) is 35.6 Å². The highest BCUT2D eigenvalue weighted by Gasteiger charge is 2.48. The fourth-order valence-corrected chi connectivity index (χ4v) is 2.32. The van der Waals surface area contributed by atoms with E-state index in [1.165, 1.54) is 32.2 Å². The van der Waals surface area contributed by atoms with Crippen LogP contribution in [0.5, 0.6) is 0 Å². The first-order chi connectivity index (χ1) is 9.89. The second-order valence-electron chi connectivity index (χ2n) is 5.15. The van der Waals surface area contributed by atoms with Crippen LogP contribution in [0, 0.1) is 5.82 Å². The molecular formula is C14H17FN2O4. The number of rotatable bonds is 5. The van der Waals surface area contributed by atoms with E-state index in [0.717, 1.165) is 4.90 Å². The zero-order chi connectivity index (χ0) is 15.6. The van der Waals surface area contributed by atoms with Crippen LogP contribution in [0.4, 0.5) is 9.18 Å². The maximum absolute atomic E-state index is 13.6. The molecule has 0 bridgehead atoms. The normalized spacial score (nSPS) is 23.3. The highest BCUT2D eigenvalue weighted by atomic mass is 19.1. The molecule has 0 saturated carbocycles. The van der Waals surface area contributed by atoms with Gasteiger partial charge in [0.1, 0.15) is 11.4 Å². The molecule has 2 N–H and O–H groups in total. The topological polar surface area (TPSA) is 78.9 Å². The number of carbonyl (C=O) groups is 2. The largest absolute Gasteiger partial charge is 0.386 e. The third kappa shape index (κ3) is 2.88. The Labute approximate surface area is 121 Å². The van der Waals surface area contributed by atoms with Crippen LogP contribution in [0.3, 0.4) is 0 Å². The first kappa shape index (κ1) is 15.4. The molecule has 1 saturated heterocycles. The SMILES string of the molecule is COC[C@]1(C)NC(=O)N(C[C@@H](O)c2ccccc2F)C1=O. The van der Waals surface area contributed by atoms with Gasteiger partial charge >= 0.3 is 6.03 Å². The van der Waals surface area contributed by atoms with Gasteiger partial charge in [-0.1, -0.05) is 18.2 Å². The van der Waals surface area contributed by atoms with Crippen molar-refractivity contribution in [3.8, 4) is 0 Å². The number of amides is 3. The molecule has 1 fully saturated rings. The predicted octanol–water partition coefficient (Wildman–Crippen LogP) is 0.816. The lowest BCUT2D eigenvalue weighted by Crippen LogP contribution is -2.48. The Kier molecular flexibility index (Phi) is 4.24.